The Morgan fingerprint density at radius 3 is 2.79 bits per heavy atom. The van der Waals surface area contributed by atoms with Gasteiger partial charge < -0.3 is 4.90 Å². The number of nitrogens with zero attached hydrogens (tertiary/aromatic N) is 2. The summed E-state index contributed by atoms with van der Waals surface area (Å²) in [5, 5.41) is 3.27. The largest absolute Gasteiger partial charge is 0.348 e. The van der Waals surface area contributed by atoms with Crippen LogP contribution in [0.2, 0.25) is 0 Å². The van der Waals surface area contributed by atoms with Crippen LogP contribution < -0.4 is 4.90 Å². The molecule has 1 aromatic heterocycles. The molecule has 0 aliphatic heterocycles. The van der Waals surface area contributed by atoms with Gasteiger partial charge >= 0.3 is 0 Å². The minimum Gasteiger partial charge on any atom is -0.348 e. The van der Waals surface area contributed by atoms with Crippen LogP contribution in [0.5, 0.6) is 0 Å². The molecular formula is C10H17ClN2S. The Morgan fingerprint density at radius 2 is 2.29 bits per heavy atom. The van der Waals surface area contributed by atoms with Crippen molar-refractivity contribution in [1.82, 2.24) is 4.98 Å². The summed E-state index contributed by atoms with van der Waals surface area (Å²) in [5.41, 5.74) is 1.19. The molecule has 0 saturated carbocycles. The highest BCUT2D eigenvalue weighted by Crippen LogP contribution is 2.20. The number of hydrogen-bond acceptors (Lipinski definition) is 3. The summed E-state index contributed by atoms with van der Waals surface area (Å²) in [6.07, 6.45) is 2.04. The van der Waals surface area contributed by atoms with Crippen molar-refractivity contribution in [1.29, 1.82) is 0 Å². The van der Waals surface area contributed by atoms with E-state index < -0.39 is 0 Å². The lowest BCUT2D eigenvalue weighted by atomic mass is 10.4. The van der Waals surface area contributed by atoms with Crippen LogP contribution >= 0.6 is 22.9 Å². The number of rotatable bonds is 6. The maximum absolute atomic E-state index is 5.68. The van der Waals surface area contributed by atoms with E-state index in [4.69, 9.17) is 11.6 Å². The van der Waals surface area contributed by atoms with Gasteiger partial charge in [-0.3, -0.25) is 0 Å². The molecule has 0 bridgehead atoms. The summed E-state index contributed by atoms with van der Waals surface area (Å²) >= 11 is 7.41. The molecule has 0 fully saturated rings. The molecular weight excluding hydrogens is 216 g/mol. The summed E-state index contributed by atoms with van der Waals surface area (Å²) in [6.45, 7) is 6.30. The van der Waals surface area contributed by atoms with E-state index in [0.29, 0.717) is 0 Å². The molecule has 0 amide bonds. The highest BCUT2D eigenvalue weighted by molar-refractivity contribution is 7.13. The minimum absolute atomic E-state index is 0.725. The summed E-state index contributed by atoms with van der Waals surface area (Å²) in [6, 6.07) is 0. The van der Waals surface area contributed by atoms with Gasteiger partial charge in [0, 0.05) is 24.3 Å². The molecule has 1 aromatic rings. The molecule has 0 spiro atoms. The van der Waals surface area contributed by atoms with Crippen molar-refractivity contribution in [2.24, 2.45) is 0 Å². The molecule has 0 N–H and O–H groups in total. The SMILES string of the molecule is CCc1csc(N(CC)CCCCl)n1. The minimum atomic E-state index is 0.725. The fourth-order valence-corrected chi connectivity index (χ4v) is 2.36. The lowest BCUT2D eigenvalue weighted by Gasteiger charge is -2.18. The molecule has 1 rings (SSSR count). The lowest BCUT2D eigenvalue weighted by molar-refractivity contribution is 0.788. The molecule has 0 aromatic carbocycles. The quantitative estimate of drug-likeness (QED) is 0.701. The molecule has 0 atom stereocenters. The fourth-order valence-electron chi connectivity index (χ4n) is 1.24. The molecule has 14 heavy (non-hydrogen) atoms. The first-order chi connectivity index (χ1) is 6.81. The van der Waals surface area contributed by atoms with E-state index in [0.717, 1.165) is 36.9 Å². The van der Waals surface area contributed by atoms with Crippen molar-refractivity contribution in [3.63, 3.8) is 0 Å². The van der Waals surface area contributed by atoms with E-state index in [1.54, 1.807) is 11.3 Å². The number of anilines is 1. The molecule has 1 heterocycles. The molecule has 0 saturated heterocycles. The standard InChI is InChI=1S/C10H17ClN2S/c1-3-9-8-14-10(12-9)13(4-2)7-5-6-11/h8H,3-7H2,1-2H3. The fraction of sp³-hybridized carbons (Fsp3) is 0.700. The van der Waals surface area contributed by atoms with Gasteiger partial charge in [-0.25, -0.2) is 4.98 Å². The lowest BCUT2D eigenvalue weighted by Crippen LogP contribution is -2.24. The first-order valence-corrected chi connectivity index (χ1v) is 6.48. The van der Waals surface area contributed by atoms with E-state index in [9.17, 15) is 0 Å². The smallest absolute Gasteiger partial charge is 0.185 e. The second-order valence-corrected chi connectivity index (χ2v) is 4.31. The third-order valence-corrected chi connectivity index (χ3v) is 3.33. The van der Waals surface area contributed by atoms with Crippen LogP contribution in [0.1, 0.15) is 26.0 Å². The first kappa shape index (κ1) is 11.8. The topological polar surface area (TPSA) is 16.1 Å². The number of hydrogen-bond donors (Lipinski definition) is 0. The van der Waals surface area contributed by atoms with Crippen molar-refractivity contribution in [2.75, 3.05) is 23.9 Å². The maximum atomic E-state index is 5.68. The zero-order chi connectivity index (χ0) is 10.4. The van der Waals surface area contributed by atoms with Crippen molar-refractivity contribution in [3.8, 4) is 0 Å². The van der Waals surface area contributed by atoms with Gasteiger partial charge in [-0.2, -0.15) is 0 Å². The Bertz CT molecular complexity index is 262. The van der Waals surface area contributed by atoms with Crippen molar-refractivity contribution in [2.45, 2.75) is 26.7 Å². The predicted octanol–water partition coefficient (Wildman–Crippen LogP) is 3.16. The third kappa shape index (κ3) is 3.14. The van der Waals surface area contributed by atoms with Crippen molar-refractivity contribution in [3.05, 3.63) is 11.1 Å². The van der Waals surface area contributed by atoms with Crippen LogP contribution in [-0.2, 0) is 6.42 Å². The monoisotopic (exact) mass is 232 g/mol. The molecule has 0 aliphatic carbocycles. The predicted molar refractivity (Wildman–Crippen MR) is 64.7 cm³/mol. The van der Waals surface area contributed by atoms with Gasteiger partial charge in [0.05, 0.1) is 5.69 Å². The summed E-state index contributed by atoms with van der Waals surface area (Å²) in [7, 11) is 0. The first-order valence-electron chi connectivity index (χ1n) is 5.07. The van der Waals surface area contributed by atoms with Gasteiger partial charge in [0.15, 0.2) is 5.13 Å². The Hall–Kier alpha value is -0.280. The van der Waals surface area contributed by atoms with Crippen LogP contribution in [0.3, 0.4) is 0 Å². The van der Waals surface area contributed by atoms with E-state index in [1.807, 2.05) is 0 Å². The van der Waals surface area contributed by atoms with E-state index >= 15 is 0 Å². The van der Waals surface area contributed by atoms with E-state index in [-0.39, 0.29) is 0 Å². The van der Waals surface area contributed by atoms with Crippen molar-refractivity contribution < 1.29 is 0 Å². The normalized spacial score (nSPS) is 10.5. The third-order valence-electron chi connectivity index (χ3n) is 2.12. The van der Waals surface area contributed by atoms with Gasteiger partial charge in [-0.1, -0.05) is 6.92 Å². The molecule has 2 nitrogen and oxygen atoms in total. The van der Waals surface area contributed by atoms with Crippen LogP contribution in [-0.4, -0.2) is 24.0 Å². The zero-order valence-electron chi connectivity index (χ0n) is 8.79. The van der Waals surface area contributed by atoms with Crippen LogP contribution in [0, 0.1) is 0 Å². The number of aromatic nitrogens is 1. The highest BCUT2D eigenvalue weighted by atomic mass is 35.5. The Kier molecular flexibility index (Phi) is 5.26. The highest BCUT2D eigenvalue weighted by Gasteiger charge is 2.07. The van der Waals surface area contributed by atoms with E-state index in [2.05, 4.69) is 29.1 Å². The number of alkyl halides is 1. The number of aryl methyl sites for hydroxylation is 1. The summed E-state index contributed by atoms with van der Waals surface area (Å²) in [4.78, 5) is 6.84. The zero-order valence-corrected chi connectivity index (χ0v) is 10.4. The molecule has 4 heteroatoms. The Morgan fingerprint density at radius 1 is 1.50 bits per heavy atom. The number of thiazole rings is 1. The average Bonchev–Trinajstić information content (AvgIpc) is 2.68. The van der Waals surface area contributed by atoms with Gasteiger partial charge in [0.1, 0.15) is 0 Å². The molecule has 0 radical (unpaired) electrons. The van der Waals surface area contributed by atoms with Gasteiger partial charge in [0.2, 0.25) is 0 Å². The average molecular weight is 233 g/mol. The summed E-state index contributed by atoms with van der Waals surface area (Å²) in [5.74, 6) is 0.725. The van der Waals surface area contributed by atoms with Gasteiger partial charge in [-0.05, 0) is 19.8 Å². The molecule has 0 unspecified atom stereocenters. The van der Waals surface area contributed by atoms with Gasteiger partial charge in [0.25, 0.3) is 0 Å². The van der Waals surface area contributed by atoms with Gasteiger partial charge in [-0.15, -0.1) is 22.9 Å². The second kappa shape index (κ2) is 6.25. The van der Waals surface area contributed by atoms with Crippen LogP contribution in [0.25, 0.3) is 0 Å². The summed E-state index contributed by atoms with van der Waals surface area (Å²) < 4.78 is 0. The van der Waals surface area contributed by atoms with E-state index in [1.165, 1.54) is 5.69 Å². The Labute approximate surface area is 94.9 Å². The van der Waals surface area contributed by atoms with Crippen molar-refractivity contribution >= 4 is 28.1 Å². The van der Waals surface area contributed by atoms with Crippen LogP contribution in [0.15, 0.2) is 5.38 Å². The molecule has 80 valence electrons. The van der Waals surface area contributed by atoms with Crippen LogP contribution in [0.4, 0.5) is 5.13 Å². The maximum Gasteiger partial charge on any atom is 0.185 e. The second-order valence-electron chi connectivity index (χ2n) is 3.10. The number of halogens is 1. The Balaban J connectivity index is 2.58. The molecule has 0 aliphatic rings.